The number of nitrogens with zero attached hydrogens (tertiary/aromatic N) is 2. The van der Waals surface area contributed by atoms with Gasteiger partial charge in [-0.2, -0.15) is 13.2 Å². The monoisotopic (exact) mass is 490 g/mol. The van der Waals surface area contributed by atoms with Gasteiger partial charge in [0.25, 0.3) is 0 Å². The quantitative estimate of drug-likeness (QED) is 0.277. The molecular weight excluding hydrogens is 468 g/mol. The maximum absolute atomic E-state index is 12.5. The molecule has 1 aromatic rings. The number of hydrogen-bond donors (Lipinski definition) is 2. The van der Waals surface area contributed by atoms with Gasteiger partial charge in [0, 0.05) is 18.5 Å². The van der Waals surface area contributed by atoms with Crippen LogP contribution in [0, 0.1) is 0 Å². The van der Waals surface area contributed by atoms with Crippen LogP contribution < -0.4 is 10.6 Å². The number of aromatic nitrogens is 1. The first-order valence-electron chi connectivity index (χ1n) is 7.78. The summed E-state index contributed by atoms with van der Waals surface area (Å²) < 4.78 is 42.9. The average molecular weight is 490 g/mol. The molecule has 1 aromatic heterocycles. The van der Waals surface area contributed by atoms with Gasteiger partial charge in [-0.3, -0.25) is 0 Å². The first-order chi connectivity index (χ1) is 11.5. The largest absolute Gasteiger partial charge is 0.434 e. The minimum atomic E-state index is -4.40. The van der Waals surface area contributed by atoms with E-state index in [1.165, 1.54) is 5.57 Å². The number of hydrogen-bond acceptors (Lipinski definition) is 4. The van der Waals surface area contributed by atoms with Crippen molar-refractivity contribution in [2.75, 3.05) is 26.3 Å². The zero-order valence-corrected chi connectivity index (χ0v) is 17.0. The topological polar surface area (TPSA) is 58.5 Å². The summed E-state index contributed by atoms with van der Waals surface area (Å²) in [6.07, 6.45) is -0.486. The molecule has 0 fully saturated rings. The second kappa shape index (κ2) is 11.0. The number of thiazole rings is 1. The number of guanidine groups is 1. The van der Waals surface area contributed by atoms with Gasteiger partial charge in [-0.05, 0) is 19.8 Å². The lowest BCUT2D eigenvalue weighted by atomic mass is 10.1. The molecule has 0 saturated carbocycles. The van der Waals surface area contributed by atoms with Crippen molar-refractivity contribution in [1.82, 2.24) is 15.6 Å². The molecule has 1 aliphatic heterocycles. The van der Waals surface area contributed by atoms with E-state index in [0.29, 0.717) is 30.7 Å². The fraction of sp³-hybridized carbons (Fsp3) is 0.600. The number of halogens is 4. The molecule has 0 aliphatic carbocycles. The van der Waals surface area contributed by atoms with Crippen LogP contribution >= 0.6 is 35.3 Å². The van der Waals surface area contributed by atoms with Crippen molar-refractivity contribution in [3.8, 4) is 0 Å². The van der Waals surface area contributed by atoms with Gasteiger partial charge in [-0.1, -0.05) is 11.6 Å². The Kier molecular flexibility index (Phi) is 9.72. The smallest absolute Gasteiger partial charge is 0.377 e. The van der Waals surface area contributed by atoms with Crippen LogP contribution in [0.5, 0.6) is 0 Å². The van der Waals surface area contributed by atoms with Gasteiger partial charge in [-0.25, -0.2) is 9.98 Å². The molecule has 5 nitrogen and oxygen atoms in total. The summed E-state index contributed by atoms with van der Waals surface area (Å²) in [4.78, 5) is 7.87. The summed E-state index contributed by atoms with van der Waals surface area (Å²) in [6, 6.07) is 0. The molecule has 2 N–H and O–H groups in total. The third kappa shape index (κ3) is 7.90. The van der Waals surface area contributed by atoms with Gasteiger partial charge in [0.1, 0.15) is 5.01 Å². The SMILES string of the molecule is CCNC(=NCc1nc(C(F)(F)F)cs1)NCCC1=CCOCC1.I. The van der Waals surface area contributed by atoms with Crippen molar-refractivity contribution in [3.05, 3.63) is 27.7 Å². The highest BCUT2D eigenvalue weighted by Gasteiger charge is 2.33. The van der Waals surface area contributed by atoms with Gasteiger partial charge >= 0.3 is 6.18 Å². The Morgan fingerprint density at radius 3 is 2.80 bits per heavy atom. The van der Waals surface area contributed by atoms with Gasteiger partial charge in [0.05, 0.1) is 19.8 Å². The van der Waals surface area contributed by atoms with Crippen LogP contribution in [-0.4, -0.2) is 37.2 Å². The van der Waals surface area contributed by atoms with E-state index in [1.54, 1.807) is 0 Å². The van der Waals surface area contributed by atoms with E-state index < -0.39 is 11.9 Å². The molecule has 0 unspecified atom stereocenters. The summed E-state index contributed by atoms with van der Waals surface area (Å²) in [6.45, 7) is 4.86. The fourth-order valence-electron chi connectivity index (χ4n) is 2.14. The Hall–Kier alpha value is -0.880. The lowest BCUT2D eigenvalue weighted by Gasteiger charge is -2.15. The molecule has 0 aromatic carbocycles. The summed E-state index contributed by atoms with van der Waals surface area (Å²) in [5, 5.41) is 7.62. The van der Waals surface area contributed by atoms with Crippen molar-refractivity contribution in [2.45, 2.75) is 32.5 Å². The molecule has 0 saturated heterocycles. The molecule has 142 valence electrons. The van der Waals surface area contributed by atoms with E-state index in [9.17, 15) is 13.2 Å². The highest BCUT2D eigenvalue weighted by Crippen LogP contribution is 2.30. The molecule has 0 bridgehead atoms. The predicted molar refractivity (Wildman–Crippen MR) is 103 cm³/mol. The number of aliphatic imine (C=N–C) groups is 1. The Bertz CT molecular complexity index is 590. The summed E-state index contributed by atoms with van der Waals surface area (Å²) in [5.74, 6) is 0.578. The van der Waals surface area contributed by atoms with E-state index >= 15 is 0 Å². The lowest BCUT2D eigenvalue weighted by molar-refractivity contribution is -0.140. The van der Waals surface area contributed by atoms with Gasteiger partial charge < -0.3 is 15.4 Å². The highest BCUT2D eigenvalue weighted by molar-refractivity contribution is 14.0. The molecule has 0 spiro atoms. The van der Waals surface area contributed by atoms with Gasteiger partial charge in [0.2, 0.25) is 0 Å². The Balaban J connectivity index is 0.00000312. The molecule has 0 radical (unpaired) electrons. The van der Waals surface area contributed by atoms with Crippen molar-refractivity contribution in [1.29, 1.82) is 0 Å². The van der Waals surface area contributed by atoms with E-state index in [-0.39, 0.29) is 30.5 Å². The van der Waals surface area contributed by atoms with E-state index in [4.69, 9.17) is 4.74 Å². The van der Waals surface area contributed by atoms with Crippen molar-refractivity contribution < 1.29 is 17.9 Å². The summed E-state index contributed by atoms with van der Waals surface area (Å²) >= 11 is 0.966. The lowest BCUT2D eigenvalue weighted by Crippen LogP contribution is -2.38. The minimum absolute atomic E-state index is 0. The summed E-state index contributed by atoms with van der Waals surface area (Å²) in [7, 11) is 0. The maximum atomic E-state index is 12.5. The normalized spacial score (nSPS) is 15.4. The zero-order valence-electron chi connectivity index (χ0n) is 13.9. The van der Waals surface area contributed by atoms with Gasteiger partial charge in [-0.15, -0.1) is 35.3 Å². The highest BCUT2D eigenvalue weighted by atomic mass is 127. The van der Waals surface area contributed by atoms with Crippen molar-refractivity contribution >= 4 is 41.3 Å². The second-order valence-corrected chi connectivity index (χ2v) is 6.13. The molecule has 2 rings (SSSR count). The Morgan fingerprint density at radius 1 is 1.40 bits per heavy atom. The first kappa shape index (κ1) is 22.2. The van der Waals surface area contributed by atoms with Gasteiger partial charge in [0.15, 0.2) is 11.7 Å². The van der Waals surface area contributed by atoms with Crippen LogP contribution in [-0.2, 0) is 17.5 Å². The average Bonchev–Trinajstić information content (AvgIpc) is 3.03. The third-order valence-corrected chi connectivity index (χ3v) is 4.19. The van der Waals surface area contributed by atoms with Crippen LogP contribution in [0.4, 0.5) is 13.2 Å². The number of alkyl halides is 3. The fourth-order valence-corrected chi connectivity index (χ4v) is 2.86. The van der Waals surface area contributed by atoms with Crippen LogP contribution in [0.15, 0.2) is 22.0 Å². The third-order valence-electron chi connectivity index (χ3n) is 3.35. The van der Waals surface area contributed by atoms with Crippen LogP contribution in [0.2, 0.25) is 0 Å². The zero-order chi connectivity index (χ0) is 17.4. The minimum Gasteiger partial charge on any atom is -0.377 e. The summed E-state index contributed by atoms with van der Waals surface area (Å²) in [5.41, 5.74) is 0.487. The first-order valence-corrected chi connectivity index (χ1v) is 8.66. The maximum Gasteiger partial charge on any atom is 0.434 e. The predicted octanol–water partition coefficient (Wildman–Crippen LogP) is 3.57. The van der Waals surface area contributed by atoms with E-state index in [1.807, 2.05) is 6.92 Å². The Morgan fingerprint density at radius 2 is 2.20 bits per heavy atom. The van der Waals surface area contributed by atoms with Crippen LogP contribution in [0.25, 0.3) is 0 Å². The molecular formula is C15H22F3IN4OS. The molecule has 0 amide bonds. The standard InChI is InChI=1S/C15H21F3N4OS.HI/c1-2-19-14(20-6-3-11-4-7-23-8-5-11)21-9-13-22-12(10-24-13)15(16,17)18;/h4,10H,2-3,5-9H2,1H3,(H2,19,20,21);1H. The van der Waals surface area contributed by atoms with Crippen LogP contribution in [0.3, 0.4) is 0 Å². The number of ether oxygens (including phenoxy) is 1. The number of rotatable bonds is 6. The van der Waals surface area contributed by atoms with Crippen LogP contribution in [0.1, 0.15) is 30.5 Å². The Labute approximate surface area is 166 Å². The molecule has 25 heavy (non-hydrogen) atoms. The molecule has 1 aliphatic rings. The second-order valence-electron chi connectivity index (χ2n) is 5.18. The molecule has 2 heterocycles. The van der Waals surface area contributed by atoms with Crippen molar-refractivity contribution in [3.63, 3.8) is 0 Å². The number of nitrogens with one attached hydrogen (secondary N) is 2. The molecule has 10 heteroatoms. The molecule has 0 atom stereocenters. The van der Waals surface area contributed by atoms with E-state index in [2.05, 4.69) is 26.7 Å². The van der Waals surface area contributed by atoms with Crippen molar-refractivity contribution in [2.24, 2.45) is 4.99 Å². The van der Waals surface area contributed by atoms with E-state index in [0.717, 1.165) is 36.2 Å².